The van der Waals surface area contributed by atoms with Crippen molar-refractivity contribution in [2.24, 2.45) is 5.73 Å². The lowest BCUT2D eigenvalue weighted by Gasteiger charge is -2.34. The van der Waals surface area contributed by atoms with Crippen molar-refractivity contribution in [3.63, 3.8) is 0 Å². The van der Waals surface area contributed by atoms with Crippen LogP contribution >= 0.6 is 34.9 Å². The van der Waals surface area contributed by atoms with Gasteiger partial charge < -0.3 is 5.73 Å². The van der Waals surface area contributed by atoms with Crippen LogP contribution < -0.4 is 5.73 Å². The molecule has 1 aromatic rings. The Bertz CT molecular complexity index is 315. The lowest BCUT2D eigenvalue weighted by molar-refractivity contribution is 0.654. The molecule has 16 heavy (non-hydrogen) atoms. The monoisotopic (exact) mass is 274 g/mol. The van der Waals surface area contributed by atoms with Gasteiger partial charge in [0.05, 0.1) is 5.01 Å². The molecule has 0 aliphatic carbocycles. The van der Waals surface area contributed by atoms with Gasteiger partial charge in [-0.1, -0.05) is 13.8 Å². The summed E-state index contributed by atoms with van der Waals surface area (Å²) < 4.78 is 0. The lowest BCUT2D eigenvalue weighted by Crippen LogP contribution is -2.41. The molecule has 2 N–H and O–H groups in total. The fourth-order valence-corrected chi connectivity index (χ4v) is 5.47. The molecule has 0 bridgehead atoms. The Hall–Kier alpha value is 0.290. The Balaban J connectivity index is 1.88. The van der Waals surface area contributed by atoms with Crippen molar-refractivity contribution < 1.29 is 0 Å². The van der Waals surface area contributed by atoms with Crippen LogP contribution in [0.3, 0.4) is 0 Å². The van der Waals surface area contributed by atoms with Crippen LogP contribution in [0.1, 0.15) is 18.9 Å². The first-order valence-corrected chi connectivity index (χ1v) is 8.45. The molecular formula is C11H18N2S3. The molecule has 1 aliphatic heterocycles. The summed E-state index contributed by atoms with van der Waals surface area (Å²) >= 11 is 5.82. The zero-order chi connectivity index (χ0) is 11.5. The second-order valence-corrected chi connectivity index (χ2v) is 8.22. The summed E-state index contributed by atoms with van der Waals surface area (Å²) in [5.41, 5.74) is 6.28. The molecule has 1 aromatic heterocycles. The fourth-order valence-electron chi connectivity index (χ4n) is 1.72. The Labute approximate surface area is 110 Å². The number of thioether (sulfide) groups is 2. The largest absolute Gasteiger partial charge is 0.326 e. The smallest absolute Gasteiger partial charge is 0.0940 e. The van der Waals surface area contributed by atoms with E-state index in [2.05, 4.69) is 42.4 Å². The Morgan fingerprint density at radius 2 is 2.31 bits per heavy atom. The summed E-state index contributed by atoms with van der Waals surface area (Å²) in [5.74, 6) is 1.18. The highest BCUT2D eigenvalue weighted by Crippen LogP contribution is 2.37. The standard InChI is InChI=1S/C11H18N2S3/c1-7-8(2)16-10(6-15-7)9(12)5-11-13-3-4-14-11/h3-4,7-10H,5-6,12H2,1-2H3. The third-order valence-corrected chi connectivity index (χ3v) is 7.32. The van der Waals surface area contributed by atoms with Crippen LogP contribution in [0.4, 0.5) is 0 Å². The van der Waals surface area contributed by atoms with Gasteiger partial charge in [0.1, 0.15) is 0 Å². The van der Waals surface area contributed by atoms with Crippen LogP contribution in [-0.4, -0.2) is 32.5 Å². The van der Waals surface area contributed by atoms with Gasteiger partial charge in [-0.2, -0.15) is 23.5 Å². The van der Waals surface area contributed by atoms with Crippen molar-refractivity contribution in [3.8, 4) is 0 Å². The minimum absolute atomic E-state index is 0.249. The molecule has 0 aromatic carbocycles. The van der Waals surface area contributed by atoms with Crippen molar-refractivity contribution in [2.75, 3.05) is 5.75 Å². The second-order valence-electron chi connectivity index (χ2n) is 4.21. The molecule has 0 radical (unpaired) electrons. The van der Waals surface area contributed by atoms with Crippen molar-refractivity contribution in [3.05, 3.63) is 16.6 Å². The van der Waals surface area contributed by atoms with Crippen LogP contribution in [0, 0.1) is 0 Å². The molecule has 2 nitrogen and oxygen atoms in total. The maximum atomic E-state index is 6.28. The fraction of sp³-hybridized carbons (Fsp3) is 0.727. The predicted molar refractivity (Wildman–Crippen MR) is 76.6 cm³/mol. The zero-order valence-corrected chi connectivity index (χ0v) is 12.1. The Morgan fingerprint density at radius 1 is 1.50 bits per heavy atom. The van der Waals surface area contributed by atoms with Crippen LogP contribution in [0.2, 0.25) is 0 Å². The number of hydrogen-bond donors (Lipinski definition) is 1. The molecule has 1 aliphatic rings. The van der Waals surface area contributed by atoms with E-state index in [4.69, 9.17) is 5.73 Å². The summed E-state index contributed by atoms with van der Waals surface area (Å²) in [7, 11) is 0. The van der Waals surface area contributed by atoms with E-state index in [0.717, 1.165) is 11.7 Å². The van der Waals surface area contributed by atoms with E-state index in [9.17, 15) is 0 Å². The maximum absolute atomic E-state index is 6.28. The average Bonchev–Trinajstić information content (AvgIpc) is 2.74. The van der Waals surface area contributed by atoms with Gasteiger partial charge in [0.25, 0.3) is 0 Å². The van der Waals surface area contributed by atoms with E-state index in [-0.39, 0.29) is 6.04 Å². The first-order chi connectivity index (χ1) is 7.66. The minimum Gasteiger partial charge on any atom is -0.326 e. The molecule has 5 heteroatoms. The number of nitrogens with zero attached hydrogens (tertiary/aromatic N) is 1. The molecule has 1 saturated heterocycles. The van der Waals surface area contributed by atoms with E-state index in [1.54, 1.807) is 11.3 Å². The van der Waals surface area contributed by atoms with Crippen molar-refractivity contribution in [1.29, 1.82) is 0 Å². The van der Waals surface area contributed by atoms with Crippen LogP contribution in [0.25, 0.3) is 0 Å². The molecule has 4 atom stereocenters. The molecule has 4 unspecified atom stereocenters. The van der Waals surface area contributed by atoms with Gasteiger partial charge in [-0.25, -0.2) is 4.98 Å². The first-order valence-electron chi connectivity index (χ1n) is 5.58. The summed E-state index contributed by atoms with van der Waals surface area (Å²) in [4.78, 5) is 4.31. The molecule has 1 fully saturated rings. The van der Waals surface area contributed by atoms with E-state index < -0.39 is 0 Å². The van der Waals surface area contributed by atoms with Gasteiger partial charge in [0.2, 0.25) is 0 Å². The van der Waals surface area contributed by atoms with E-state index in [1.807, 2.05) is 11.6 Å². The second kappa shape index (κ2) is 5.76. The van der Waals surface area contributed by atoms with Gasteiger partial charge in [0.15, 0.2) is 0 Å². The highest BCUT2D eigenvalue weighted by molar-refractivity contribution is 8.07. The van der Waals surface area contributed by atoms with Gasteiger partial charge in [-0.15, -0.1) is 11.3 Å². The molecular weight excluding hydrogens is 256 g/mol. The van der Waals surface area contributed by atoms with Crippen LogP contribution in [0.15, 0.2) is 11.6 Å². The number of hydrogen-bond acceptors (Lipinski definition) is 5. The number of thiazole rings is 1. The molecule has 0 saturated carbocycles. The number of nitrogens with two attached hydrogens (primary N) is 1. The third-order valence-electron chi connectivity index (χ3n) is 2.95. The van der Waals surface area contributed by atoms with Gasteiger partial charge in [0, 0.05) is 45.5 Å². The normalized spacial score (nSPS) is 32.6. The number of rotatable bonds is 3. The first kappa shape index (κ1) is 12.7. The minimum atomic E-state index is 0.249. The quantitative estimate of drug-likeness (QED) is 0.920. The number of aromatic nitrogens is 1. The molecule has 0 amide bonds. The maximum Gasteiger partial charge on any atom is 0.0940 e. The summed E-state index contributed by atoms with van der Waals surface area (Å²) in [6.45, 7) is 4.62. The third kappa shape index (κ3) is 3.15. The van der Waals surface area contributed by atoms with E-state index >= 15 is 0 Å². The van der Waals surface area contributed by atoms with Gasteiger partial charge in [-0.05, 0) is 0 Å². The van der Waals surface area contributed by atoms with Crippen molar-refractivity contribution >= 4 is 34.9 Å². The molecule has 2 rings (SSSR count). The molecule has 90 valence electrons. The average molecular weight is 274 g/mol. The molecule has 2 heterocycles. The summed E-state index contributed by atoms with van der Waals surface area (Å²) in [6.07, 6.45) is 2.79. The Kier molecular flexibility index (Phi) is 4.58. The van der Waals surface area contributed by atoms with Gasteiger partial charge in [-0.3, -0.25) is 0 Å². The topological polar surface area (TPSA) is 38.9 Å². The van der Waals surface area contributed by atoms with Gasteiger partial charge >= 0.3 is 0 Å². The van der Waals surface area contributed by atoms with Crippen molar-refractivity contribution in [1.82, 2.24) is 4.98 Å². The highest BCUT2D eigenvalue weighted by Gasteiger charge is 2.29. The Morgan fingerprint density at radius 3 is 2.94 bits per heavy atom. The van der Waals surface area contributed by atoms with Crippen LogP contribution in [0.5, 0.6) is 0 Å². The zero-order valence-electron chi connectivity index (χ0n) is 9.63. The van der Waals surface area contributed by atoms with E-state index in [0.29, 0.717) is 10.5 Å². The SMILES string of the molecule is CC1SCC(C(N)Cc2nccs2)SC1C. The lowest BCUT2D eigenvalue weighted by atomic mass is 10.2. The summed E-state index contributed by atoms with van der Waals surface area (Å²) in [6, 6.07) is 0.249. The summed E-state index contributed by atoms with van der Waals surface area (Å²) in [5, 5.41) is 5.25. The van der Waals surface area contributed by atoms with E-state index in [1.165, 1.54) is 10.8 Å². The highest BCUT2D eigenvalue weighted by atomic mass is 32.2. The molecule has 0 spiro atoms. The predicted octanol–water partition coefficient (Wildman–Crippen LogP) is 2.64. The van der Waals surface area contributed by atoms with Crippen molar-refractivity contribution in [2.45, 2.75) is 42.1 Å². The van der Waals surface area contributed by atoms with Crippen LogP contribution in [-0.2, 0) is 6.42 Å².